The number of thiophene rings is 1. The Kier molecular flexibility index (Phi) is 7.05. The summed E-state index contributed by atoms with van der Waals surface area (Å²) in [7, 11) is 2.95. The summed E-state index contributed by atoms with van der Waals surface area (Å²) >= 11 is 0.834. The third-order valence-electron chi connectivity index (χ3n) is 4.86. The maximum atomic E-state index is 13.8. The first kappa shape index (κ1) is 24.9. The number of phenols is 1. The van der Waals surface area contributed by atoms with Crippen LogP contribution in [0.2, 0.25) is 0 Å². The number of carbonyl (C=O) groups is 1. The minimum atomic E-state index is -4.78. The summed E-state index contributed by atoms with van der Waals surface area (Å²) in [6.07, 6.45) is -4.78. The van der Waals surface area contributed by atoms with Crippen LogP contribution in [0.3, 0.4) is 0 Å². The van der Waals surface area contributed by atoms with E-state index in [0.717, 1.165) is 16.0 Å². The number of aromatic nitrogens is 2. The van der Waals surface area contributed by atoms with E-state index in [4.69, 9.17) is 0 Å². The Morgan fingerprint density at radius 3 is 2.47 bits per heavy atom. The second-order valence-electron chi connectivity index (χ2n) is 7.40. The maximum absolute atomic E-state index is 13.8. The molecule has 1 amide bonds. The van der Waals surface area contributed by atoms with Gasteiger partial charge in [0, 0.05) is 25.5 Å². The Morgan fingerprint density at radius 1 is 1.21 bits per heavy atom. The number of rotatable bonds is 7. The zero-order valence-corrected chi connectivity index (χ0v) is 19.2. The molecule has 0 saturated heterocycles. The summed E-state index contributed by atoms with van der Waals surface area (Å²) < 4.78 is 42.4. The highest BCUT2D eigenvalue weighted by molar-refractivity contribution is 7.10. The maximum Gasteiger partial charge on any atom is 0.413 e. The van der Waals surface area contributed by atoms with Gasteiger partial charge in [-0.25, -0.2) is 4.68 Å². The fourth-order valence-electron chi connectivity index (χ4n) is 3.17. The summed E-state index contributed by atoms with van der Waals surface area (Å²) in [5.41, 5.74) is -3.22. The second kappa shape index (κ2) is 9.63. The number of aromatic hydroxyl groups is 1. The Bertz CT molecular complexity index is 1300. The zero-order chi connectivity index (χ0) is 25.2. The first-order valence-electron chi connectivity index (χ1n) is 10.00. The van der Waals surface area contributed by atoms with Crippen LogP contribution in [0.4, 0.5) is 30.2 Å². The number of nitrogens with one attached hydrogen (secondary N) is 3. The van der Waals surface area contributed by atoms with Crippen molar-refractivity contribution in [3.63, 3.8) is 0 Å². The Morgan fingerprint density at radius 2 is 1.91 bits per heavy atom. The number of anilines is 3. The van der Waals surface area contributed by atoms with Gasteiger partial charge >= 0.3 is 6.18 Å². The molecule has 0 saturated carbocycles. The van der Waals surface area contributed by atoms with Gasteiger partial charge in [0.1, 0.15) is 11.4 Å². The molecule has 0 unspecified atom stereocenters. The normalized spacial score (nSPS) is 12.3. The van der Waals surface area contributed by atoms with Gasteiger partial charge in [0.25, 0.3) is 17.0 Å². The molecule has 0 radical (unpaired) electrons. The van der Waals surface area contributed by atoms with Crippen LogP contribution in [0.25, 0.3) is 0 Å². The molecule has 1 aromatic carbocycles. The molecular formula is C21H22F3N5O4S. The van der Waals surface area contributed by atoms with Gasteiger partial charge in [-0.05, 0) is 30.5 Å². The van der Waals surface area contributed by atoms with E-state index in [-0.39, 0.29) is 22.7 Å². The van der Waals surface area contributed by atoms with E-state index >= 15 is 0 Å². The van der Waals surface area contributed by atoms with Gasteiger partial charge in [-0.3, -0.25) is 19.5 Å². The van der Waals surface area contributed by atoms with Crippen LogP contribution in [-0.4, -0.2) is 46.0 Å². The molecule has 3 rings (SSSR count). The summed E-state index contributed by atoms with van der Waals surface area (Å²) in [6.45, 7) is 1.59. The van der Waals surface area contributed by atoms with Crippen LogP contribution in [0, 0.1) is 0 Å². The summed E-state index contributed by atoms with van der Waals surface area (Å²) in [4.78, 5) is 39.2. The number of H-pyrrole nitrogens is 1. The topological polar surface area (TPSA) is 119 Å². The van der Waals surface area contributed by atoms with Crippen LogP contribution in [0.15, 0.2) is 45.3 Å². The number of aromatic amines is 1. The van der Waals surface area contributed by atoms with Crippen molar-refractivity contribution >= 4 is 34.3 Å². The molecule has 9 nitrogen and oxygen atoms in total. The molecule has 0 aliphatic carbocycles. The number of benzene rings is 1. The highest BCUT2D eigenvalue weighted by atomic mass is 32.1. The predicted molar refractivity (Wildman–Crippen MR) is 123 cm³/mol. The van der Waals surface area contributed by atoms with Gasteiger partial charge in [-0.1, -0.05) is 12.1 Å². The minimum absolute atomic E-state index is 0.0296. The van der Waals surface area contributed by atoms with E-state index in [1.165, 1.54) is 54.7 Å². The third-order valence-corrected chi connectivity index (χ3v) is 5.80. The number of carbonyl (C=O) groups excluding carboxylic acids is 1. The molecule has 0 aliphatic heterocycles. The lowest BCUT2D eigenvalue weighted by molar-refractivity contribution is -0.143. The van der Waals surface area contributed by atoms with Gasteiger partial charge in [-0.2, -0.15) is 13.2 Å². The highest BCUT2D eigenvalue weighted by Gasteiger charge is 2.42. The lowest BCUT2D eigenvalue weighted by atomic mass is 10.1. The van der Waals surface area contributed by atoms with Gasteiger partial charge in [0.05, 0.1) is 11.3 Å². The lowest BCUT2D eigenvalue weighted by Crippen LogP contribution is -2.36. The van der Waals surface area contributed by atoms with Crippen molar-refractivity contribution in [1.29, 1.82) is 0 Å². The molecule has 2 heterocycles. The van der Waals surface area contributed by atoms with Crippen LogP contribution < -0.4 is 21.8 Å². The number of phenolic OH excluding ortho intramolecular Hbond substituents is 1. The van der Waals surface area contributed by atoms with Crippen LogP contribution in [-0.2, 0) is 6.54 Å². The number of aryl methyl sites for hydroxylation is 1. The van der Waals surface area contributed by atoms with Crippen LogP contribution in [0.1, 0.15) is 28.2 Å². The van der Waals surface area contributed by atoms with Gasteiger partial charge in [0.15, 0.2) is 11.8 Å². The number of nitrogens with zero attached hydrogens (tertiary/aromatic N) is 2. The SMILES string of the molecule is CCn1[nH]c(=O)c(N[C@@H](c2cccs2)C(F)(F)F)c(Nc2cccc(C(=O)N(C)C)c2O)c1=O. The standard InChI is InChI=1S/C21H22F3N5O4S/c1-4-29-20(33)15(25-12-8-5-7-11(16(12)30)19(32)28(2)3)14(18(31)27-29)26-17(21(22,23)24)13-9-6-10-34-13/h5-10,17,25-26,30H,4H2,1-3H3,(H,27,31)/t17-/m0/s1. The van der Waals surface area contributed by atoms with Crippen molar-refractivity contribution in [3.8, 4) is 5.75 Å². The van der Waals surface area contributed by atoms with Crippen molar-refractivity contribution in [2.75, 3.05) is 24.7 Å². The monoisotopic (exact) mass is 497 g/mol. The number of amides is 1. The molecule has 0 fully saturated rings. The smallest absolute Gasteiger partial charge is 0.413 e. The predicted octanol–water partition coefficient (Wildman–Crippen LogP) is 3.48. The van der Waals surface area contributed by atoms with Crippen molar-refractivity contribution in [1.82, 2.24) is 14.7 Å². The molecule has 13 heteroatoms. The summed E-state index contributed by atoms with van der Waals surface area (Å²) in [5, 5.41) is 19.0. The first-order chi connectivity index (χ1) is 16.0. The fourth-order valence-corrected chi connectivity index (χ4v) is 3.97. The highest BCUT2D eigenvalue weighted by Crippen LogP contribution is 2.39. The Hall–Kier alpha value is -3.74. The van der Waals surface area contributed by atoms with Gasteiger partial charge in [-0.15, -0.1) is 11.3 Å². The first-order valence-corrected chi connectivity index (χ1v) is 10.9. The molecule has 3 aromatic rings. The van der Waals surface area contributed by atoms with E-state index < -0.39 is 46.4 Å². The van der Waals surface area contributed by atoms with Crippen LogP contribution >= 0.6 is 11.3 Å². The van der Waals surface area contributed by atoms with Crippen molar-refractivity contribution < 1.29 is 23.1 Å². The van der Waals surface area contributed by atoms with Crippen molar-refractivity contribution in [2.45, 2.75) is 25.7 Å². The molecular weight excluding hydrogens is 475 g/mol. The number of para-hydroxylation sites is 1. The fraction of sp³-hybridized carbons (Fsp3) is 0.286. The molecule has 0 bridgehead atoms. The van der Waals surface area contributed by atoms with Gasteiger partial charge in [0.2, 0.25) is 0 Å². The minimum Gasteiger partial charge on any atom is -0.505 e. The molecule has 1 atom stereocenters. The van der Waals surface area contributed by atoms with E-state index in [1.807, 2.05) is 0 Å². The zero-order valence-electron chi connectivity index (χ0n) is 18.4. The average molecular weight is 497 g/mol. The van der Waals surface area contributed by atoms with Crippen LogP contribution in [0.5, 0.6) is 5.75 Å². The van der Waals surface area contributed by atoms with E-state index in [9.17, 15) is 32.7 Å². The number of alkyl halides is 3. The number of hydrogen-bond acceptors (Lipinski definition) is 7. The molecule has 182 valence electrons. The third kappa shape index (κ3) is 4.93. The second-order valence-corrected chi connectivity index (χ2v) is 8.38. The van der Waals surface area contributed by atoms with E-state index in [2.05, 4.69) is 15.7 Å². The molecule has 0 aliphatic rings. The number of hydrogen-bond donors (Lipinski definition) is 4. The summed E-state index contributed by atoms with van der Waals surface area (Å²) in [6, 6.07) is 4.52. The summed E-state index contributed by atoms with van der Waals surface area (Å²) in [5.74, 6) is -1.06. The molecule has 34 heavy (non-hydrogen) atoms. The molecule has 4 N–H and O–H groups in total. The molecule has 0 spiro atoms. The number of halogens is 3. The van der Waals surface area contributed by atoms with Gasteiger partial charge < -0.3 is 20.6 Å². The Labute approximate surface area is 195 Å². The Balaban J connectivity index is 2.16. The lowest BCUT2D eigenvalue weighted by Gasteiger charge is -2.23. The average Bonchev–Trinajstić information content (AvgIpc) is 3.29. The van der Waals surface area contributed by atoms with E-state index in [1.54, 1.807) is 6.92 Å². The van der Waals surface area contributed by atoms with Crippen molar-refractivity contribution in [2.24, 2.45) is 0 Å². The van der Waals surface area contributed by atoms with E-state index in [0.29, 0.717) is 0 Å². The largest absolute Gasteiger partial charge is 0.505 e. The molecule has 2 aromatic heterocycles. The van der Waals surface area contributed by atoms with Crippen molar-refractivity contribution in [3.05, 3.63) is 66.9 Å². The quantitative estimate of drug-likeness (QED) is 0.371.